The van der Waals surface area contributed by atoms with E-state index in [9.17, 15) is 4.79 Å². The first kappa shape index (κ1) is 22.1. The van der Waals surface area contributed by atoms with Gasteiger partial charge in [0.2, 0.25) is 5.82 Å². The first-order valence-electron chi connectivity index (χ1n) is 10.7. The van der Waals surface area contributed by atoms with E-state index in [1.54, 1.807) is 12.4 Å². The maximum Gasteiger partial charge on any atom is 0.381 e. The van der Waals surface area contributed by atoms with E-state index in [0.717, 1.165) is 31.2 Å². The molecule has 4 heteroatoms. The molecule has 4 nitrogen and oxygen atoms in total. The summed E-state index contributed by atoms with van der Waals surface area (Å²) in [4.78, 5) is 20.6. The molecule has 0 unspecified atom stereocenters. The maximum atomic E-state index is 12.2. The summed E-state index contributed by atoms with van der Waals surface area (Å²) < 4.78 is 5.40. The topological polar surface area (TPSA) is 52.1 Å². The lowest BCUT2D eigenvalue weighted by Gasteiger charge is -2.09. The molecule has 2 aromatic rings. The summed E-state index contributed by atoms with van der Waals surface area (Å²) in [6.07, 6.45) is 14.2. The maximum absolute atomic E-state index is 12.2. The molecule has 0 spiro atoms. The van der Waals surface area contributed by atoms with Crippen LogP contribution < -0.4 is 4.74 Å². The Balaban J connectivity index is 1.79. The van der Waals surface area contributed by atoms with E-state index >= 15 is 0 Å². The van der Waals surface area contributed by atoms with Gasteiger partial charge in [-0.3, -0.25) is 0 Å². The van der Waals surface area contributed by atoms with E-state index in [1.807, 2.05) is 24.3 Å². The lowest BCUT2D eigenvalue weighted by Crippen LogP contribution is -2.13. The zero-order valence-electron chi connectivity index (χ0n) is 17.6. The molecule has 0 aliphatic carbocycles. The first-order valence-corrected chi connectivity index (χ1v) is 10.7. The number of aryl methyl sites for hydroxylation is 1. The highest BCUT2D eigenvalue weighted by Crippen LogP contribution is 2.17. The number of benzene rings is 1. The fraction of sp³-hybridized carbons (Fsp3) is 0.542. The van der Waals surface area contributed by atoms with Crippen molar-refractivity contribution in [1.82, 2.24) is 9.97 Å². The third kappa shape index (κ3) is 7.79. The fourth-order valence-corrected chi connectivity index (χ4v) is 3.09. The smallest absolute Gasteiger partial charge is 0.381 e. The van der Waals surface area contributed by atoms with Crippen LogP contribution in [0.4, 0.5) is 0 Å². The number of carbonyl (C=O) groups excluding carboxylic acids is 1. The molecule has 0 saturated heterocycles. The molecule has 0 saturated carbocycles. The zero-order valence-corrected chi connectivity index (χ0v) is 17.6. The Hall–Kier alpha value is -2.23. The molecule has 2 rings (SSSR count). The van der Waals surface area contributed by atoms with Gasteiger partial charge in [0, 0.05) is 12.4 Å². The van der Waals surface area contributed by atoms with Gasteiger partial charge in [-0.05, 0) is 48.4 Å². The molecular weight excluding hydrogens is 348 g/mol. The lowest BCUT2D eigenvalue weighted by molar-refractivity contribution is 0.0721. The van der Waals surface area contributed by atoms with Crippen LogP contribution >= 0.6 is 0 Å². The molecule has 0 fully saturated rings. The number of carbonyl (C=O) groups is 1. The second-order valence-electron chi connectivity index (χ2n) is 7.68. The number of unbranched alkanes of at least 4 members (excludes halogenated alkanes) is 5. The molecule has 152 valence electrons. The summed E-state index contributed by atoms with van der Waals surface area (Å²) in [7, 11) is 0. The highest BCUT2D eigenvalue weighted by Gasteiger charge is 2.12. The molecule has 1 atom stereocenters. The predicted molar refractivity (Wildman–Crippen MR) is 114 cm³/mol. The lowest BCUT2D eigenvalue weighted by atomic mass is 9.99. The second-order valence-corrected chi connectivity index (χ2v) is 7.68. The van der Waals surface area contributed by atoms with Gasteiger partial charge in [-0.1, -0.05) is 71.4 Å². The van der Waals surface area contributed by atoms with E-state index < -0.39 is 5.97 Å². The predicted octanol–water partition coefficient (Wildman–Crippen LogP) is 6.19. The van der Waals surface area contributed by atoms with Gasteiger partial charge in [0.25, 0.3) is 0 Å². The van der Waals surface area contributed by atoms with Gasteiger partial charge in [-0.2, -0.15) is 0 Å². The molecule has 1 aromatic carbocycles. The quantitative estimate of drug-likeness (QED) is 0.249. The average Bonchev–Trinajstić information content (AvgIpc) is 2.72. The minimum absolute atomic E-state index is 0.107. The molecule has 1 heterocycles. The summed E-state index contributed by atoms with van der Waals surface area (Å²) in [6.45, 7) is 6.66. The van der Waals surface area contributed by atoms with Gasteiger partial charge in [-0.15, -0.1) is 0 Å². The normalized spacial score (nSPS) is 12.0. The number of rotatable bonds is 12. The number of aromatic nitrogens is 2. The summed E-state index contributed by atoms with van der Waals surface area (Å²) in [5.74, 6) is 0.769. The first-order chi connectivity index (χ1) is 13.6. The van der Waals surface area contributed by atoms with Gasteiger partial charge < -0.3 is 4.74 Å². The summed E-state index contributed by atoms with van der Waals surface area (Å²) >= 11 is 0. The standard InChI is InChI=1S/C24H34N2O2/c1-4-6-7-8-9-10-11-21-17-25-23(26-18-21)24(27)28-22-14-12-20(13-15-22)16-19(3)5-2/h12-15,17-19H,4-11,16H2,1-3H3/t19-/m0/s1. The van der Waals surface area contributed by atoms with Gasteiger partial charge in [-0.25, -0.2) is 14.8 Å². The van der Waals surface area contributed by atoms with Gasteiger partial charge in [0.1, 0.15) is 5.75 Å². The van der Waals surface area contributed by atoms with Crippen molar-refractivity contribution < 1.29 is 9.53 Å². The SMILES string of the molecule is CCCCCCCCc1cnc(C(=O)Oc2ccc(C[C@@H](C)CC)cc2)nc1. The van der Waals surface area contributed by atoms with Crippen LogP contribution in [0, 0.1) is 5.92 Å². The van der Waals surface area contributed by atoms with E-state index in [2.05, 4.69) is 30.7 Å². The van der Waals surface area contributed by atoms with E-state index in [-0.39, 0.29) is 5.82 Å². The summed E-state index contributed by atoms with van der Waals surface area (Å²) in [6, 6.07) is 7.70. The Kier molecular flexibility index (Phi) is 9.67. The Morgan fingerprint density at radius 2 is 1.57 bits per heavy atom. The second kappa shape index (κ2) is 12.3. The van der Waals surface area contributed by atoms with Crippen LogP contribution in [-0.4, -0.2) is 15.9 Å². The van der Waals surface area contributed by atoms with Crippen LogP contribution in [0.25, 0.3) is 0 Å². The molecule has 0 bridgehead atoms. The third-order valence-corrected chi connectivity index (χ3v) is 5.12. The van der Waals surface area contributed by atoms with Crippen LogP contribution in [0.2, 0.25) is 0 Å². The van der Waals surface area contributed by atoms with Crippen LogP contribution in [0.3, 0.4) is 0 Å². The Bertz CT molecular complexity index is 696. The zero-order chi connectivity index (χ0) is 20.2. The minimum Gasteiger partial charge on any atom is -0.421 e. The van der Waals surface area contributed by atoms with E-state index in [1.165, 1.54) is 37.7 Å². The molecule has 0 aliphatic heterocycles. The van der Waals surface area contributed by atoms with Crippen molar-refractivity contribution in [1.29, 1.82) is 0 Å². The van der Waals surface area contributed by atoms with Gasteiger partial charge in [0.05, 0.1) is 0 Å². The fourth-order valence-electron chi connectivity index (χ4n) is 3.09. The van der Waals surface area contributed by atoms with Crippen LogP contribution in [0.5, 0.6) is 5.75 Å². The summed E-state index contributed by atoms with van der Waals surface area (Å²) in [5.41, 5.74) is 2.32. The highest BCUT2D eigenvalue weighted by atomic mass is 16.5. The van der Waals surface area contributed by atoms with Crippen molar-refractivity contribution >= 4 is 5.97 Å². The van der Waals surface area contributed by atoms with Crippen LogP contribution in [0.15, 0.2) is 36.7 Å². The van der Waals surface area contributed by atoms with Crippen LogP contribution in [0.1, 0.15) is 87.5 Å². The van der Waals surface area contributed by atoms with Crippen LogP contribution in [-0.2, 0) is 12.8 Å². The Morgan fingerprint density at radius 1 is 0.929 bits per heavy atom. The van der Waals surface area contributed by atoms with Crippen molar-refractivity contribution in [3.05, 3.63) is 53.6 Å². The Morgan fingerprint density at radius 3 is 2.21 bits per heavy atom. The molecule has 0 N–H and O–H groups in total. The van der Waals surface area contributed by atoms with E-state index in [4.69, 9.17) is 4.74 Å². The number of esters is 1. The Labute approximate surface area is 169 Å². The summed E-state index contributed by atoms with van der Waals surface area (Å²) in [5, 5.41) is 0. The molecule has 0 radical (unpaired) electrons. The molecule has 1 aromatic heterocycles. The van der Waals surface area contributed by atoms with Crippen molar-refractivity contribution in [3.63, 3.8) is 0 Å². The van der Waals surface area contributed by atoms with Crippen molar-refractivity contribution in [2.75, 3.05) is 0 Å². The number of hydrogen-bond acceptors (Lipinski definition) is 4. The van der Waals surface area contributed by atoms with Crippen molar-refractivity contribution in [2.45, 2.75) is 78.6 Å². The molecular formula is C24H34N2O2. The van der Waals surface area contributed by atoms with Gasteiger partial charge >= 0.3 is 5.97 Å². The van der Waals surface area contributed by atoms with Gasteiger partial charge in [0.15, 0.2) is 0 Å². The number of ether oxygens (including phenoxy) is 1. The monoisotopic (exact) mass is 382 g/mol. The molecule has 0 amide bonds. The number of nitrogens with zero attached hydrogens (tertiary/aromatic N) is 2. The molecule has 0 aliphatic rings. The van der Waals surface area contributed by atoms with Crippen molar-refractivity contribution in [3.8, 4) is 5.75 Å². The average molecular weight is 383 g/mol. The van der Waals surface area contributed by atoms with Crippen molar-refractivity contribution in [2.24, 2.45) is 5.92 Å². The largest absolute Gasteiger partial charge is 0.421 e. The number of hydrogen-bond donors (Lipinski definition) is 0. The third-order valence-electron chi connectivity index (χ3n) is 5.12. The molecule has 28 heavy (non-hydrogen) atoms. The highest BCUT2D eigenvalue weighted by molar-refractivity contribution is 5.86. The van der Waals surface area contributed by atoms with E-state index in [0.29, 0.717) is 11.7 Å². The minimum atomic E-state index is -0.513.